The van der Waals surface area contributed by atoms with Crippen molar-refractivity contribution in [2.45, 2.75) is 44.2 Å². The molecule has 4 rings (SSSR count). The first-order chi connectivity index (χ1) is 18.2. The molecule has 9 nitrogen and oxygen atoms in total. The number of carbonyl (C=O) groups is 5. The van der Waals surface area contributed by atoms with Crippen LogP contribution in [0.25, 0.3) is 10.8 Å². The number of hydrogen-bond acceptors (Lipinski definition) is 6. The van der Waals surface area contributed by atoms with Crippen molar-refractivity contribution in [2.24, 2.45) is 0 Å². The Morgan fingerprint density at radius 3 is 2.45 bits per heavy atom. The number of benzene rings is 3. The molecule has 0 radical (unpaired) electrons. The summed E-state index contributed by atoms with van der Waals surface area (Å²) in [5.41, 5.74) is -0.885. The van der Waals surface area contributed by atoms with Crippen LogP contribution in [0.3, 0.4) is 0 Å². The molecular weight excluding hydrogens is 486 g/mol. The van der Waals surface area contributed by atoms with Gasteiger partial charge in [0.05, 0.1) is 7.11 Å². The number of methoxy groups -OCH3 is 1. The van der Waals surface area contributed by atoms with Crippen molar-refractivity contribution in [3.8, 4) is 5.75 Å². The summed E-state index contributed by atoms with van der Waals surface area (Å²) in [6.07, 6.45) is 0.586. The molecule has 0 aromatic heterocycles. The van der Waals surface area contributed by atoms with E-state index in [2.05, 4.69) is 16.0 Å². The van der Waals surface area contributed by atoms with Gasteiger partial charge in [0.15, 0.2) is 11.3 Å². The minimum absolute atomic E-state index is 0.0560. The molecular formula is C29H29N3O6. The number of imide groups is 1. The molecule has 3 N–H and O–H groups in total. The Kier molecular flexibility index (Phi) is 7.85. The van der Waals surface area contributed by atoms with Gasteiger partial charge in [0, 0.05) is 30.2 Å². The summed E-state index contributed by atoms with van der Waals surface area (Å²) in [5, 5.41) is 9.03. The maximum Gasteiger partial charge on any atom is 0.258 e. The molecule has 1 heterocycles. The Morgan fingerprint density at radius 1 is 1.00 bits per heavy atom. The number of carbonyl (C=O) groups excluding carboxylic acids is 5. The lowest BCUT2D eigenvalue weighted by atomic mass is 9.92. The first-order valence-corrected chi connectivity index (χ1v) is 12.3. The number of fused-ring (bicyclic) bond motifs is 1. The predicted octanol–water partition coefficient (Wildman–Crippen LogP) is 2.46. The lowest BCUT2D eigenvalue weighted by Gasteiger charge is -2.29. The average Bonchev–Trinajstić information content (AvgIpc) is 3.05. The second-order valence-electron chi connectivity index (χ2n) is 9.38. The van der Waals surface area contributed by atoms with Gasteiger partial charge in [-0.3, -0.25) is 29.3 Å². The van der Waals surface area contributed by atoms with Crippen LogP contribution in [-0.2, 0) is 25.6 Å². The second-order valence-corrected chi connectivity index (χ2v) is 9.38. The maximum atomic E-state index is 13.3. The summed E-state index contributed by atoms with van der Waals surface area (Å²) in [7, 11) is 1.49. The van der Waals surface area contributed by atoms with E-state index in [0.717, 1.165) is 16.3 Å². The zero-order chi connectivity index (χ0) is 27.3. The van der Waals surface area contributed by atoms with Crippen LogP contribution in [0.5, 0.6) is 5.75 Å². The van der Waals surface area contributed by atoms with Crippen LogP contribution in [0.1, 0.15) is 42.1 Å². The number of amides is 4. The summed E-state index contributed by atoms with van der Waals surface area (Å²) in [4.78, 5) is 64.6. The molecule has 196 valence electrons. The van der Waals surface area contributed by atoms with Crippen molar-refractivity contribution in [3.63, 3.8) is 0 Å². The zero-order valence-electron chi connectivity index (χ0n) is 21.2. The Hall–Kier alpha value is -4.53. The Morgan fingerprint density at radius 2 is 1.71 bits per heavy atom. The molecule has 0 aliphatic carbocycles. The molecule has 3 aromatic rings. The molecule has 0 spiro atoms. The van der Waals surface area contributed by atoms with Crippen molar-refractivity contribution in [2.75, 3.05) is 7.11 Å². The van der Waals surface area contributed by atoms with Crippen LogP contribution in [0.4, 0.5) is 0 Å². The fraction of sp³-hybridized carbons (Fsp3) is 0.276. The van der Waals surface area contributed by atoms with E-state index in [0.29, 0.717) is 12.2 Å². The second kappa shape index (κ2) is 11.2. The summed E-state index contributed by atoms with van der Waals surface area (Å²) in [6.45, 7) is 1.33. The van der Waals surface area contributed by atoms with E-state index >= 15 is 0 Å². The van der Waals surface area contributed by atoms with Crippen molar-refractivity contribution in [1.82, 2.24) is 16.0 Å². The van der Waals surface area contributed by atoms with Gasteiger partial charge in [-0.15, -0.1) is 0 Å². The van der Waals surface area contributed by atoms with E-state index in [1.54, 1.807) is 30.3 Å². The minimum atomic E-state index is -1.82. The predicted molar refractivity (Wildman–Crippen MR) is 140 cm³/mol. The van der Waals surface area contributed by atoms with Gasteiger partial charge in [-0.1, -0.05) is 54.6 Å². The van der Waals surface area contributed by atoms with Gasteiger partial charge in [-0.05, 0) is 36.4 Å². The molecule has 1 saturated heterocycles. The Labute approximate surface area is 219 Å². The number of Topliss-reactive ketones (excluding diaryl/α,β-unsaturated/α-hetero) is 1. The third-order valence-corrected chi connectivity index (χ3v) is 6.66. The molecule has 0 bridgehead atoms. The first kappa shape index (κ1) is 26.5. The lowest BCUT2D eigenvalue weighted by molar-refractivity contribution is -0.141. The third-order valence-electron chi connectivity index (χ3n) is 6.66. The van der Waals surface area contributed by atoms with Crippen LogP contribution in [0, 0.1) is 0 Å². The van der Waals surface area contributed by atoms with E-state index in [9.17, 15) is 24.0 Å². The Balaban J connectivity index is 1.58. The highest BCUT2D eigenvalue weighted by molar-refractivity contribution is 6.14. The number of hydrogen-bond donors (Lipinski definition) is 3. The molecule has 1 aliphatic heterocycles. The Bertz CT molecular complexity index is 1400. The molecule has 0 saturated carbocycles. The van der Waals surface area contributed by atoms with Crippen molar-refractivity contribution in [1.29, 1.82) is 0 Å². The normalized spacial score (nSPS) is 18.2. The standard InChI is InChI=1S/C29H29N3O6/c1-29(24(33)13-8-14-25(34)32-29)28(37)30-22(15-18-9-4-3-5-10-18)27(36)31-26(35)20-16-19-11-6-7-12-21(19)23(17-20)38-2/h3-7,9-12,16-17,22H,8,13-15H2,1-2H3,(H,30,37)(H,32,34)(H,31,35,36)/t22-,29+/m0/s1. The van der Waals surface area contributed by atoms with E-state index in [1.165, 1.54) is 20.1 Å². The highest BCUT2D eigenvalue weighted by atomic mass is 16.5. The molecule has 38 heavy (non-hydrogen) atoms. The highest BCUT2D eigenvalue weighted by Crippen LogP contribution is 2.27. The number of rotatable bonds is 7. The number of nitrogens with one attached hydrogen (secondary N) is 3. The van der Waals surface area contributed by atoms with Crippen LogP contribution < -0.4 is 20.7 Å². The quantitative estimate of drug-likeness (QED) is 0.415. The van der Waals surface area contributed by atoms with Crippen LogP contribution in [0.2, 0.25) is 0 Å². The van der Waals surface area contributed by atoms with E-state index in [1.807, 2.05) is 30.3 Å². The smallest absolute Gasteiger partial charge is 0.258 e. The van der Waals surface area contributed by atoms with Crippen LogP contribution >= 0.6 is 0 Å². The van der Waals surface area contributed by atoms with E-state index in [-0.39, 0.29) is 24.8 Å². The molecule has 0 unspecified atom stereocenters. The lowest BCUT2D eigenvalue weighted by Crippen LogP contribution is -2.64. The van der Waals surface area contributed by atoms with E-state index in [4.69, 9.17) is 4.74 Å². The monoisotopic (exact) mass is 515 g/mol. The number of ketones is 1. The van der Waals surface area contributed by atoms with Gasteiger partial charge in [0.1, 0.15) is 11.8 Å². The fourth-order valence-electron chi connectivity index (χ4n) is 4.46. The van der Waals surface area contributed by atoms with Crippen LogP contribution in [-0.4, -0.2) is 48.1 Å². The maximum absolute atomic E-state index is 13.3. The SMILES string of the molecule is COc1cc(C(=O)NC(=O)[C@H](Cc2ccccc2)NC(=O)[C@]2(C)NC(=O)CCCC2=O)cc2ccccc12. The summed E-state index contributed by atoms with van der Waals surface area (Å²) in [6, 6.07) is 18.3. The zero-order valence-corrected chi connectivity index (χ0v) is 21.2. The third kappa shape index (κ3) is 5.72. The topological polar surface area (TPSA) is 131 Å². The summed E-state index contributed by atoms with van der Waals surface area (Å²) < 4.78 is 5.42. The fourth-order valence-corrected chi connectivity index (χ4v) is 4.46. The molecule has 4 amide bonds. The van der Waals surface area contributed by atoms with Crippen molar-refractivity contribution < 1.29 is 28.7 Å². The largest absolute Gasteiger partial charge is 0.496 e. The van der Waals surface area contributed by atoms with Gasteiger partial charge in [-0.25, -0.2) is 0 Å². The van der Waals surface area contributed by atoms with Crippen LogP contribution in [0.15, 0.2) is 66.7 Å². The van der Waals surface area contributed by atoms with Gasteiger partial charge in [0.2, 0.25) is 11.8 Å². The van der Waals surface area contributed by atoms with Gasteiger partial charge in [0.25, 0.3) is 11.8 Å². The summed E-state index contributed by atoms with van der Waals surface area (Å²) >= 11 is 0. The summed E-state index contributed by atoms with van der Waals surface area (Å²) in [5.74, 6) is -2.62. The molecule has 1 fully saturated rings. The molecule has 1 aliphatic rings. The van der Waals surface area contributed by atoms with Crippen molar-refractivity contribution >= 4 is 40.2 Å². The highest BCUT2D eigenvalue weighted by Gasteiger charge is 2.44. The van der Waals surface area contributed by atoms with E-state index < -0.39 is 41.0 Å². The average molecular weight is 516 g/mol. The minimum Gasteiger partial charge on any atom is -0.496 e. The number of ether oxygens (including phenoxy) is 1. The van der Waals surface area contributed by atoms with Gasteiger partial charge >= 0.3 is 0 Å². The van der Waals surface area contributed by atoms with Gasteiger partial charge in [-0.2, -0.15) is 0 Å². The molecule has 3 aromatic carbocycles. The molecule has 9 heteroatoms. The van der Waals surface area contributed by atoms with Gasteiger partial charge < -0.3 is 15.4 Å². The molecule has 2 atom stereocenters. The first-order valence-electron chi connectivity index (χ1n) is 12.3. The van der Waals surface area contributed by atoms with Crippen molar-refractivity contribution in [3.05, 3.63) is 77.9 Å².